The van der Waals surface area contributed by atoms with Crippen LogP contribution in [0.2, 0.25) is 0 Å². The maximum atomic E-state index is 12.9. The zero-order valence-electron chi connectivity index (χ0n) is 13.3. The molecule has 2 amide bonds. The summed E-state index contributed by atoms with van der Waals surface area (Å²) in [6.45, 7) is 3.61. The molecule has 1 N–H and O–H groups in total. The van der Waals surface area contributed by atoms with Crippen LogP contribution < -0.4 is 5.32 Å². The molecule has 22 heavy (non-hydrogen) atoms. The van der Waals surface area contributed by atoms with E-state index in [2.05, 4.69) is 12.2 Å². The molecule has 3 atom stereocenters. The van der Waals surface area contributed by atoms with E-state index in [4.69, 9.17) is 4.74 Å². The van der Waals surface area contributed by atoms with Gasteiger partial charge in [0.15, 0.2) is 0 Å². The number of piperidine rings is 1. The Morgan fingerprint density at radius 3 is 2.36 bits per heavy atom. The van der Waals surface area contributed by atoms with Crippen molar-refractivity contribution in [3.8, 4) is 0 Å². The number of nitrogens with one attached hydrogen (secondary N) is 1. The second kappa shape index (κ2) is 5.22. The maximum absolute atomic E-state index is 12.9. The van der Waals surface area contributed by atoms with E-state index in [1.165, 1.54) is 0 Å². The van der Waals surface area contributed by atoms with Crippen molar-refractivity contribution in [1.29, 1.82) is 0 Å². The number of ether oxygens (including phenoxy) is 1. The summed E-state index contributed by atoms with van der Waals surface area (Å²) in [6, 6.07) is 0.251. The van der Waals surface area contributed by atoms with E-state index in [0.717, 1.165) is 58.0 Å². The van der Waals surface area contributed by atoms with Crippen molar-refractivity contribution >= 4 is 11.8 Å². The van der Waals surface area contributed by atoms with Crippen LogP contribution in [-0.2, 0) is 14.3 Å². The molecular formula is C17H26N2O3. The third kappa shape index (κ3) is 2.43. The zero-order valence-corrected chi connectivity index (χ0v) is 13.3. The summed E-state index contributed by atoms with van der Waals surface area (Å²) in [7, 11) is 0. The van der Waals surface area contributed by atoms with E-state index in [1.54, 1.807) is 0 Å². The Labute approximate surface area is 131 Å². The van der Waals surface area contributed by atoms with Gasteiger partial charge in [0.05, 0.1) is 17.6 Å². The van der Waals surface area contributed by atoms with Crippen molar-refractivity contribution in [2.75, 3.05) is 13.1 Å². The fourth-order valence-electron chi connectivity index (χ4n) is 4.41. The van der Waals surface area contributed by atoms with Gasteiger partial charge in [-0.05, 0) is 51.9 Å². The first kappa shape index (κ1) is 14.5. The number of rotatable bonds is 3. The topological polar surface area (TPSA) is 58.6 Å². The predicted molar refractivity (Wildman–Crippen MR) is 81.1 cm³/mol. The summed E-state index contributed by atoms with van der Waals surface area (Å²) < 4.78 is 5.90. The second-order valence-electron chi connectivity index (χ2n) is 7.80. The molecule has 0 aromatic carbocycles. The van der Waals surface area contributed by atoms with Crippen molar-refractivity contribution in [2.24, 2.45) is 11.3 Å². The summed E-state index contributed by atoms with van der Waals surface area (Å²) >= 11 is 0. The summed E-state index contributed by atoms with van der Waals surface area (Å²) in [5.41, 5.74) is -0.312. The van der Waals surface area contributed by atoms with Gasteiger partial charge in [-0.2, -0.15) is 0 Å². The fourth-order valence-corrected chi connectivity index (χ4v) is 4.41. The van der Waals surface area contributed by atoms with E-state index in [-0.39, 0.29) is 35.3 Å². The van der Waals surface area contributed by atoms with Crippen LogP contribution in [0.5, 0.6) is 0 Å². The molecule has 1 saturated carbocycles. The third-order valence-corrected chi connectivity index (χ3v) is 6.04. The van der Waals surface area contributed by atoms with Crippen LogP contribution in [0.15, 0.2) is 0 Å². The van der Waals surface area contributed by atoms with Gasteiger partial charge in [-0.1, -0.05) is 0 Å². The van der Waals surface area contributed by atoms with E-state index in [1.807, 2.05) is 4.90 Å². The normalized spacial score (nSPS) is 38.3. The average molecular weight is 306 g/mol. The molecule has 3 heterocycles. The van der Waals surface area contributed by atoms with Gasteiger partial charge >= 0.3 is 0 Å². The molecule has 5 nitrogen and oxygen atoms in total. The third-order valence-electron chi connectivity index (χ3n) is 6.04. The lowest BCUT2D eigenvalue weighted by Gasteiger charge is -2.39. The van der Waals surface area contributed by atoms with E-state index in [0.29, 0.717) is 6.10 Å². The predicted octanol–water partition coefficient (Wildman–Crippen LogP) is 1.46. The molecule has 5 heteroatoms. The number of carbonyl (C=O) groups excluding carboxylic acids is 2. The van der Waals surface area contributed by atoms with Gasteiger partial charge in [0, 0.05) is 25.0 Å². The Hall–Kier alpha value is -1.10. The van der Waals surface area contributed by atoms with Gasteiger partial charge in [-0.3, -0.25) is 9.59 Å². The summed E-state index contributed by atoms with van der Waals surface area (Å²) in [4.78, 5) is 26.7. The van der Waals surface area contributed by atoms with Crippen LogP contribution in [0, 0.1) is 11.3 Å². The van der Waals surface area contributed by atoms with Crippen LogP contribution in [0.3, 0.4) is 0 Å². The molecule has 0 aromatic rings. The number of hydrogen-bond donors (Lipinski definition) is 1. The van der Waals surface area contributed by atoms with E-state index >= 15 is 0 Å². The minimum Gasteiger partial charge on any atom is -0.374 e. The summed E-state index contributed by atoms with van der Waals surface area (Å²) in [6.07, 6.45) is 7.31. The highest BCUT2D eigenvalue weighted by molar-refractivity contribution is 5.84. The Balaban J connectivity index is 1.31. The molecule has 0 radical (unpaired) electrons. The highest BCUT2D eigenvalue weighted by atomic mass is 16.5. The number of amides is 2. The quantitative estimate of drug-likeness (QED) is 0.859. The van der Waals surface area contributed by atoms with E-state index in [9.17, 15) is 9.59 Å². The first-order valence-electron chi connectivity index (χ1n) is 8.81. The summed E-state index contributed by atoms with van der Waals surface area (Å²) in [5, 5.41) is 3.14. The van der Waals surface area contributed by atoms with Crippen LogP contribution in [0.1, 0.15) is 51.9 Å². The Bertz CT molecular complexity index is 482. The molecule has 0 spiro atoms. The van der Waals surface area contributed by atoms with Crippen LogP contribution in [0.4, 0.5) is 0 Å². The second-order valence-corrected chi connectivity index (χ2v) is 7.80. The van der Waals surface area contributed by atoms with Gasteiger partial charge in [-0.15, -0.1) is 0 Å². The van der Waals surface area contributed by atoms with Crippen LogP contribution >= 0.6 is 0 Å². The molecule has 3 aliphatic heterocycles. The van der Waals surface area contributed by atoms with E-state index < -0.39 is 0 Å². The molecule has 1 aliphatic carbocycles. The first-order valence-corrected chi connectivity index (χ1v) is 8.81. The number of fused-ring (bicyclic) bond motifs is 2. The zero-order chi connectivity index (χ0) is 15.3. The SMILES string of the molecule is CC1(C(=O)N2CCC(NC(=O)C3CC3)CC2)CC2CCC1O2. The van der Waals surface area contributed by atoms with Gasteiger partial charge in [-0.25, -0.2) is 0 Å². The highest BCUT2D eigenvalue weighted by Crippen LogP contribution is 2.48. The molecule has 3 unspecified atom stereocenters. The van der Waals surface area contributed by atoms with Gasteiger partial charge < -0.3 is 15.0 Å². The van der Waals surface area contributed by atoms with Crippen LogP contribution in [-0.4, -0.2) is 48.1 Å². The lowest BCUT2D eigenvalue weighted by Crippen LogP contribution is -2.52. The minimum absolute atomic E-state index is 0.122. The molecule has 122 valence electrons. The summed E-state index contributed by atoms with van der Waals surface area (Å²) in [5.74, 6) is 0.759. The van der Waals surface area contributed by atoms with Gasteiger partial charge in [0.1, 0.15) is 0 Å². The van der Waals surface area contributed by atoms with Crippen molar-refractivity contribution < 1.29 is 14.3 Å². The number of carbonyl (C=O) groups is 2. The maximum Gasteiger partial charge on any atom is 0.231 e. The molecule has 3 saturated heterocycles. The minimum atomic E-state index is -0.312. The molecule has 4 fully saturated rings. The standard InChI is InChI=1S/C17H26N2O3/c1-17(10-13-4-5-14(17)22-13)16(21)19-8-6-12(7-9-19)18-15(20)11-2-3-11/h11-14H,2-10H2,1H3,(H,18,20). The van der Waals surface area contributed by atoms with Crippen molar-refractivity contribution in [3.05, 3.63) is 0 Å². The van der Waals surface area contributed by atoms with Crippen molar-refractivity contribution in [2.45, 2.75) is 70.1 Å². The molecule has 4 aliphatic rings. The lowest BCUT2D eigenvalue weighted by atomic mass is 9.74. The monoisotopic (exact) mass is 306 g/mol. The van der Waals surface area contributed by atoms with Crippen molar-refractivity contribution in [3.63, 3.8) is 0 Å². The van der Waals surface area contributed by atoms with Crippen molar-refractivity contribution in [1.82, 2.24) is 10.2 Å². The average Bonchev–Trinajstić information content (AvgIpc) is 3.20. The van der Waals surface area contributed by atoms with Crippen LogP contribution in [0.25, 0.3) is 0 Å². The number of hydrogen-bond acceptors (Lipinski definition) is 3. The first-order chi connectivity index (χ1) is 10.6. The number of nitrogens with zero attached hydrogens (tertiary/aromatic N) is 1. The Morgan fingerprint density at radius 2 is 1.82 bits per heavy atom. The van der Waals surface area contributed by atoms with Gasteiger partial charge in [0.25, 0.3) is 0 Å². The fraction of sp³-hybridized carbons (Fsp3) is 0.882. The van der Waals surface area contributed by atoms with Gasteiger partial charge in [0.2, 0.25) is 11.8 Å². The Morgan fingerprint density at radius 1 is 1.09 bits per heavy atom. The molecular weight excluding hydrogens is 280 g/mol. The number of likely N-dealkylation sites (tertiary alicyclic amines) is 1. The molecule has 2 bridgehead atoms. The largest absolute Gasteiger partial charge is 0.374 e. The molecule has 0 aromatic heterocycles. The smallest absolute Gasteiger partial charge is 0.231 e. The Kier molecular flexibility index (Phi) is 3.44. The lowest BCUT2D eigenvalue weighted by molar-refractivity contribution is -0.145. The highest BCUT2D eigenvalue weighted by Gasteiger charge is 2.55. The molecule has 4 rings (SSSR count).